The van der Waals surface area contributed by atoms with Crippen LogP contribution in [0.15, 0.2) is 59.7 Å². The fourth-order valence-electron chi connectivity index (χ4n) is 5.87. The van der Waals surface area contributed by atoms with Crippen LogP contribution in [0.5, 0.6) is 11.5 Å². The number of methoxy groups -OCH3 is 2. The van der Waals surface area contributed by atoms with Gasteiger partial charge in [0.25, 0.3) is 0 Å². The van der Waals surface area contributed by atoms with Crippen molar-refractivity contribution in [1.29, 1.82) is 0 Å². The Morgan fingerprint density at radius 2 is 1.66 bits per heavy atom. The van der Waals surface area contributed by atoms with Gasteiger partial charge in [-0.1, -0.05) is 24.3 Å². The molecular formula is C29H32N6O3. The highest BCUT2D eigenvalue weighted by Crippen LogP contribution is 2.38. The van der Waals surface area contributed by atoms with Crippen LogP contribution in [-0.4, -0.2) is 59.9 Å². The fourth-order valence-corrected chi connectivity index (χ4v) is 5.87. The van der Waals surface area contributed by atoms with Crippen LogP contribution in [0.3, 0.4) is 0 Å². The zero-order valence-corrected chi connectivity index (χ0v) is 21.7. The van der Waals surface area contributed by atoms with Crippen LogP contribution in [0, 0.1) is 11.8 Å². The van der Waals surface area contributed by atoms with E-state index in [0.29, 0.717) is 23.3 Å². The van der Waals surface area contributed by atoms with Crippen molar-refractivity contribution in [3.63, 3.8) is 0 Å². The lowest BCUT2D eigenvalue weighted by molar-refractivity contribution is -0.140. The molecule has 2 N–H and O–H groups in total. The monoisotopic (exact) mass is 512 g/mol. The van der Waals surface area contributed by atoms with E-state index in [9.17, 15) is 4.79 Å². The number of nitrogens with two attached hydrogens (primary N) is 1. The minimum Gasteiger partial charge on any atom is -0.493 e. The average Bonchev–Trinajstić information content (AvgIpc) is 2.97. The number of allylic oxidation sites excluding steroid dienone is 2. The second kappa shape index (κ2) is 9.96. The number of hydrazone groups is 1. The Morgan fingerprint density at radius 3 is 2.42 bits per heavy atom. The second-order valence-corrected chi connectivity index (χ2v) is 10.0. The number of fused-ring (bicyclic) bond motifs is 2. The number of para-hydroxylation sites is 1. The van der Waals surface area contributed by atoms with Gasteiger partial charge in [-0.2, -0.15) is 10.1 Å². The highest BCUT2D eigenvalue weighted by atomic mass is 16.5. The Labute approximate surface area is 221 Å². The number of carbonyl (C=O) groups excluding carboxylic acids is 1. The maximum absolute atomic E-state index is 13.7. The Kier molecular flexibility index (Phi) is 6.35. The maximum atomic E-state index is 13.7. The molecule has 1 saturated heterocycles. The predicted octanol–water partition coefficient (Wildman–Crippen LogP) is 4.03. The van der Waals surface area contributed by atoms with Crippen molar-refractivity contribution >= 4 is 34.3 Å². The van der Waals surface area contributed by atoms with Crippen molar-refractivity contribution in [1.82, 2.24) is 15.0 Å². The molecule has 9 heteroatoms. The smallest absolute Gasteiger partial charge is 0.247 e. The van der Waals surface area contributed by atoms with Crippen molar-refractivity contribution in [2.24, 2.45) is 16.9 Å². The molecule has 1 amide bonds. The molecule has 3 heterocycles. The van der Waals surface area contributed by atoms with Gasteiger partial charge in [0.1, 0.15) is 5.82 Å². The molecule has 2 atom stereocenters. The molecule has 1 aliphatic carbocycles. The summed E-state index contributed by atoms with van der Waals surface area (Å²) >= 11 is 0. The van der Waals surface area contributed by atoms with E-state index in [2.05, 4.69) is 22.0 Å². The molecule has 0 unspecified atom stereocenters. The van der Waals surface area contributed by atoms with Crippen LogP contribution < -0.4 is 20.1 Å². The SMILES string of the molecule is COc1ccc(C2=NN(C3CCN(c4nc(N)c5ccccc5n4)CC3)C(=O)[C@@H]3CC=CC[C@H]23)cc1OC. The number of amides is 1. The number of rotatable bonds is 5. The normalized spacial score (nSPS) is 21.8. The quantitative estimate of drug-likeness (QED) is 0.515. The van der Waals surface area contributed by atoms with Crippen molar-refractivity contribution in [3.05, 3.63) is 60.2 Å². The predicted molar refractivity (Wildman–Crippen MR) is 147 cm³/mol. The Hall–Kier alpha value is -4.14. The van der Waals surface area contributed by atoms with Crippen molar-refractivity contribution < 1.29 is 14.3 Å². The van der Waals surface area contributed by atoms with Gasteiger partial charge in [0.05, 0.1) is 37.4 Å². The molecule has 9 nitrogen and oxygen atoms in total. The van der Waals surface area contributed by atoms with Crippen LogP contribution in [0.1, 0.15) is 31.2 Å². The molecule has 6 rings (SSSR count). The molecule has 0 spiro atoms. The summed E-state index contributed by atoms with van der Waals surface area (Å²) in [4.78, 5) is 25.2. The third kappa shape index (κ3) is 4.21. The molecule has 0 bridgehead atoms. The first kappa shape index (κ1) is 24.2. The largest absolute Gasteiger partial charge is 0.493 e. The van der Waals surface area contributed by atoms with Crippen LogP contribution in [-0.2, 0) is 4.79 Å². The zero-order valence-electron chi connectivity index (χ0n) is 21.7. The molecule has 2 aliphatic heterocycles. The number of aromatic nitrogens is 2. The molecule has 0 saturated carbocycles. The van der Waals surface area contributed by atoms with E-state index < -0.39 is 0 Å². The zero-order chi connectivity index (χ0) is 26.2. The van der Waals surface area contributed by atoms with E-state index in [4.69, 9.17) is 25.3 Å². The van der Waals surface area contributed by atoms with E-state index in [1.54, 1.807) is 19.2 Å². The molecule has 2 aromatic carbocycles. The maximum Gasteiger partial charge on any atom is 0.247 e. The summed E-state index contributed by atoms with van der Waals surface area (Å²) in [5.41, 5.74) is 8.96. The van der Waals surface area contributed by atoms with Gasteiger partial charge in [0.15, 0.2) is 11.5 Å². The number of nitrogen functional groups attached to an aromatic ring is 1. The molecule has 1 aromatic heterocycles. The number of hydrogen-bond acceptors (Lipinski definition) is 8. The summed E-state index contributed by atoms with van der Waals surface area (Å²) in [5.74, 6) is 2.51. The van der Waals surface area contributed by atoms with Crippen LogP contribution >= 0.6 is 0 Å². The van der Waals surface area contributed by atoms with E-state index >= 15 is 0 Å². The summed E-state index contributed by atoms with van der Waals surface area (Å²) in [6.45, 7) is 1.45. The summed E-state index contributed by atoms with van der Waals surface area (Å²) in [6.07, 6.45) is 7.37. The average molecular weight is 513 g/mol. The number of benzene rings is 2. The van der Waals surface area contributed by atoms with E-state index in [0.717, 1.165) is 61.0 Å². The van der Waals surface area contributed by atoms with E-state index in [-0.39, 0.29) is 23.8 Å². The Balaban J connectivity index is 1.27. The molecule has 1 fully saturated rings. The van der Waals surface area contributed by atoms with Gasteiger partial charge in [0.2, 0.25) is 11.9 Å². The topological polar surface area (TPSA) is 106 Å². The molecule has 38 heavy (non-hydrogen) atoms. The molecule has 0 radical (unpaired) electrons. The van der Waals surface area contributed by atoms with Gasteiger partial charge in [-0.25, -0.2) is 9.99 Å². The number of piperidine rings is 1. The third-order valence-electron chi connectivity index (χ3n) is 7.94. The number of ether oxygens (including phenoxy) is 2. The van der Waals surface area contributed by atoms with Crippen molar-refractivity contribution in [2.45, 2.75) is 31.7 Å². The Morgan fingerprint density at radius 1 is 0.921 bits per heavy atom. The lowest BCUT2D eigenvalue weighted by atomic mass is 9.76. The summed E-state index contributed by atoms with van der Waals surface area (Å²) in [5, 5.41) is 7.65. The van der Waals surface area contributed by atoms with Gasteiger partial charge in [-0.15, -0.1) is 0 Å². The number of hydrogen-bond donors (Lipinski definition) is 1. The van der Waals surface area contributed by atoms with Gasteiger partial charge in [0, 0.05) is 30.0 Å². The number of nitrogens with zero attached hydrogens (tertiary/aromatic N) is 5. The number of carbonyl (C=O) groups is 1. The minimum absolute atomic E-state index is 0.0125. The highest BCUT2D eigenvalue weighted by Gasteiger charge is 2.43. The first-order chi connectivity index (χ1) is 18.6. The molecule has 196 valence electrons. The van der Waals surface area contributed by atoms with Crippen molar-refractivity contribution in [3.8, 4) is 11.5 Å². The van der Waals surface area contributed by atoms with Crippen molar-refractivity contribution in [2.75, 3.05) is 37.9 Å². The van der Waals surface area contributed by atoms with Gasteiger partial charge < -0.3 is 20.1 Å². The lowest BCUT2D eigenvalue weighted by Gasteiger charge is -2.42. The molecule has 3 aromatic rings. The van der Waals surface area contributed by atoms with Gasteiger partial charge >= 0.3 is 0 Å². The number of anilines is 2. The van der Waals surface area contributed by atoms with E-state index in [1.165, 1.54) is 0 Å². The van der Waals surface area contributed by atoms with Gasteiger partial charge in [-0.05, 0) is 56.0 Å². The molecule has 3 aliphatic rings. The standard InChI is InChI=1S/C29H32N6O3/c1-37-24-12-11-18(17-25(24)38-2)26-20-7-3-4-8-21(20)28(36)35(33-26)19-13-15-34(16-14-19)29-31-23-10-6-5-9-22(23)27(30)32-29/h3-6,9-12,17,19-21H,7-8,13-16H2,1-2H3,(H2,30,31,32)/t20-,21+/m0/s1. The lowest BCUT2D eigenvalue weighted by Crippen LogP contribution is -2.52. The van der Waals surface area contributed by atoms with Crippen LogP contribution in [0.4, 0.5) is 11.8 Å². The first-order valence-electron chi connectivity index (χ1n) is 13.1. The summed E-state index contributed by atoms with van der Waals surface area (Å²) in [6, 6.07) is 13.7. The summed E-state index contributed by atoms with van der Waals surface area (Å²) < 4.78 is 11.0. The Bertz CT molecular complexity index is 1430. The first-order valence-corrected chi connectivity index (χ1v) is 13.1. The molecular weight excluding hydrogens is 480 g/mol. The third-order valence-corrected chi connectivity index (χ3v) is 7.94. The minimum atomic E-state index is -0.109. The summed E-state index contributed by atoms with van der Waals surface area (Å²) in [7, 11) is 3.26. The van der Waals surface area contributed by atoms with Crippen LogP contribution in [0.2, 0.25) is 0 Å². The second-order valence-electron chi connectivity index (χ2n) is 10.0. The fraction of sp³-hybridized carbons (Fsp3) is 0.379. The van der Waals surface area contributed by atoms with Gasteiger partial charge in [-0.3, -0.25) is 4.79 Å². The van der Waals surface area contributed by atoms with E-state index in [1.807, 2.05) is 42.5 Å². The van der Waals surface area contributed by atoms with Crippen LogP contribution in [0.25, 0.3) is 10.9 Å². The highest BCUT2D eigenvalue weighted by molar-refractivity contribution is 6.07.